The van der Waals surface area contributed by atoms with E-state index in [-0.39, 0.29) is 16.4 Å². The van der Waals surface area contributed by atoms with Crippen LogP contribution in [0.5, 0.6) is 5.75 Å². The predicted molar refractivity (Wildman–Crippen MR) is 113 cm³/mol. The summed E-state index contributed by atoms with van der Waals surface area (Å²) in [6.45, 7) is 5.24. The van der Waals surface area contributed by atoms with E-state index < -0.39 is 16.1 Å². The van der Waals surface area contributed by atoms with Crippen LogP contribution in [0.1, 0.15) is 54.2 Å². The van der Waals surface area contributed by atoms with Crippen molar-refractivity contribution in [2.45, 2.75) is 44.0 Å². The summed E-state index contributed by atoms with van der Waals surface area (Å²) >= 11 is 0. The number of benzene rings is 2. The van der Waals surface area contributed by atoms with Crippen LogP contribution in [-0.4, -0.2) is 39.4 Å². The number of ether oxygens (including phenoxy) is 1. The first kappa shape index (κ1) is 21.3. The zero-order valence-corrected chi connectivity index (χ0v) is 18.0. The van der Waals surface area contributed by atoms with E-state index >= 15 is 0 Å². The molecule has 2 aromatic rings. The number of amides is 1. The lowest BCUT2D eigenvalue weighted by atomic mass is 10.1. The van der Waals surface area contributed by atoms with E-state index in [0.29, 0.717) is 18.8 Å². The fourth-order valence-corrected chi connectivity index (χ4v) is 4.78. The molecule has 3 rings (SSSR count). The normalized spacial score (nSPS) is 15.3. The monoisotopic (exact) mass is 416 g/mol. The Labute approximate surface area is 172 Å². The minimum atomic E-state index is -3.80. The SMILES string of the molecule is CCc1ccc(C(C)NS(=O)(=O)c2ccc(OC)c(C(=O)N3CCCC3)c2)cc1. The quantitative estimate of drug-likeness (QED) is 0.749. The Hall–Kier alpha value is -2.38. The van der Waals surface area contributed by atoms with Gasteiger partial charge in [-0.2, -0.15) is 0 Å². The maximum absolute atomic E-state index is 13.0. The highest BCUT2D eigenvalue weighted by molar-refractivity contribution is 7.89. The highest BCUT2D eigenvalue weighted by Crippen LogP contribution is 2.26. The van der Waals surface area contributed by atoms with Crippen LogP contribution in [0, 0.1) is 0 Å². The van der Waals surface area contributed by atoms with Gasteiger partial charge in [0, 0.05) is 19.1 Å². The van der Waals surface area contributed by atoms with Crippen molar-refractivity contribution in [2.24, 2.45) is 0 Å². The number of rotatable bonds is 7. The van der Waals surface area contributed by atoms with Gasteiger partial charge in [-0.3, -0.25) is 4.79 Å². The summed E-state index contributed by atoms with van der Waals surface area (Å²) < 4.78 is 33.9. The van der Waals surface area contributed by atoms with Crippen molar-refractivity contribution in [3.63, 3.8) is 0 Å². The summed E-state index contributed by atoms with van der Waals surface area (Å²) in [5.74, 6) is 0.184. The smallest absolute Gasteiger partial charge is 0.257 e. The minimum absolute atomic E-state index is 0.0536. The summed E-state index contributed by atoms with van der Waals surface area (Å²) in [5, 5.41) is 0. The molecule has 1 unspecified atom stereocenters. The second kappa shape index (κ2) is 8.97. The summed E-state index contributed by atoms with van der Waals surface area (Å²) in [6, 6.07) is 11.9. The van der Waals surface area contributed by atoms with Gasteiger partial charge in [-0.25, -0.2) is 13.1 Å². The zero-order valence-electron chi connectivity index (χ0n) is 17.1. The lowest BCUT2D eigenvalue weighted by molar-refractivity contribution is 0.0789. The number of methoxy groups -OCH3 is 1. The van der Waals surface area contributed by atoms with E-state index in [1.54, 1.807) is 17.9 Å². The first-order valence-electron chi connectivity index (χ1n) is 9.94. The van der Waals surface area contributed by atoms with E-state index in [4.69, 9.17) is 4.74 Å². The molecule has 1 aliphatic rings. The Morgan fingerprint density at radius 2 is 1.79 bits per heavy atom. The van der Waals surface area contributed by atoms with Gasteiger partial charge in [0.25, 0.3) is 5.91 Å². The third kappa shape index (κ3) is 4.79. The number of aryl methyl sites for hydroxylation is 1. The molecule has 0 aliphatic carbocycles. The first-order valence-corrected chi connectivity index (χ1v) is 11.4. The van der Waals surface area contributed by atoms with Crippen LogP contribution in [0.2, 0.25) is 0 Å². The van der Waals surface area contributed by atoms with E-state index in [1.165, 1.54) is 24.8 Å². The zero-order chi connectivity index (χ0) is 21.0. The Kier molecular flexibility index (Phi) is 6.59. The van der Waals surface area contributed by atoms with Crippen molar-refractivity contribution in [3.05, 3.63) is 59.2 Å². The fourth-order valence-electron chi connectivity index (χ4n) is 3.52. The van der Waals surface area contributed by atoms with Gasteiger partial charge >= 0.3 is 0 Å². The Morgan fingerprint density at radius 3 is 2.38 bits per heavy atom. The van der Waals surface area contributed by atoms with Gasteiger partial charge < -0.3 is 9.64 Å². The standard InChI is InChI=1S/C22H28N2O4S/c1-4-17-7-9-18(10-8-17)16(2)23-29(26,27)19-11-12-21(28-3)20(15-19)22(25)24-13-5-6-14-24/h7-12,15-16,23H,4-6,13-14H2,1-3H3. The summed E-state index contributed by atoms with van der Waals surface area (Å²) in [5.41, 5.74) is 2.36. The third-order valence-corrected chi connectivity index (χ3v) is 6.86. The van der Waals surface area contributed by atoms with Crippen molar-refractivity contribution >= 4 is 15.9 Å². The van der Waals surface area contributed by atoms with E-state index in [9.17, 15) is 13.2 Å². The molecular formula is C22H28N2O4S. The van der Waals surface area contributed by atoms with Crippen molar-refractivity contribution < 1.29 is 17.9 Å². The molecule has 29 heavy (non-hydrogen) atoms. The van der Waals surface area contributed by atoms with Crippen molar-refractivity contribution in [3.8, 4) is 5.75 Å². The molecule has 0 spiro atoms. The number of hydrogen-bond acceptors (Lipinski definition) is 4. The molecule has 6 nitrogen and oxygen atoms in total. The lowest BCUT2D eigenvalue weighted by Crippen LogP contribution is -2.29. The molecule has 2 aromatic carbocycles. The van der Waals surface area contributed by atoms with Gasteiger partial charge in [-0.15, -0.1) is 0 Å². The molecule has 0 radical (unpaired) electrons. The molecule has 0 bridgehead atoms. The van der Waals surface area contributed by atoms with Crippen molar-refractivity contribution in [2.75, 3.05) is 20.2 Å². The Bertz CT molecular complexity index is 965. The van der Waals surface area contributed by atoms with Gasteiger partial charge in [0.2, 0.25) is 10.0 Å². The minimum Gasteiger partial charge on any atom is -0.496 e. The van der Waals surface area contributed by atoms with E-state index in [1.807, 2.05) is 24.3 Å². The maximum Gasteiger partial charge on any atom is 0.257 e. The Balaban J connectivity index is 1.85. The second-order valence-electron chi connectivity index (χ2n) is 7.30. The number of likely N-dealkylation sites (tertiary alicyclic amines) is 1. The van der Waals surface area contributed by atoms with Crippen LogP contribution in [0.15, 0.2) is 47.4 Å². The van der Waals surface area contributed by atoms with Gasteiger partial charge in [0.05, 0.1) is 17.6 Å². The third-order valence-electron chi connectivity index (χ3n) is 5.32. The molecule has 1 N–H and O–H groups in total. The highest BCUT2D eigenvalue weighted by atomic mass is 32.2. The van der Waals surface area contributed by atoms with Crippen LogP contribution in [0.3, 0.4) is 0 Å². The summed E-state index contributed by atoms with van der Waals surface area (Å²) in [4.78, 5) is 14.6. The Morgan fingerprint density at radius 1 is 1.14 bits per heavy atom. The fraction of sp³-hybridized carbons (Fsp3) is 0.409. The predicted octanol–water partition coefficient (Wildman–Crippen LogP) is 3.53. The topological polar surface area (TPSA) is 75.7 Å². The molecule has 1 atom stereocenters. The number of nitrogens with zero attached hydrogens (tertiary/aromatic N) is 1. The van der Waals surface area contributed by atoms with Crippen molar-refractivity contribution in [1.29, 1.82) is 0 Å². The average Bonchev–Trinajstić information content (AvgIpc) is 3.27. The van der Waals surface area contributed by atoms with Crippen LogP contribution in [0.4, 0.5) is 0 Å². The average molecular weight is 417 g/mol. The van der Waals surface area contributed by atoms with Crippen LogP contribution >= 0.6 is 0 Å². The molecule has 7 heteroatoms. The largest absolute Gasteiger partial charge is 0.496 e. The molecule has 1 fully saturated rings. The maximum atomic E-state index is 13.0. The van der Waals surface area contributed by atoms with Gasteiger partial charge in [-0.1, -0.05) is 31.2 Å². The summed E-state index contributed by atoms with van der Waals surface area (Å²) in [6.07, 6.45) is 2.85. The van der Waals surface area contributed by atoms with Gasteiger partial charge in [-0.05, 0) is 55.5 Å². The number of carbonyl (C=O) groups excluding carboxylic acids is 1. The van der Waals surface area contributed by atoms with Crippen molar-refractivity contribution in [1.82, 2.24) is 9.62 Å². The van der Waals surface area contributed by atoms with Gasteiger partial charge in [0.15, 0.2) is 0 Å². The molecule has 0 aromatic heterocycles. The van der Waals surface area contributed by atoms with Crippen LogP contribution < -0.4 is 9.46 Å². The molecule has 1 saturated heterocycles. The van der Waals surface area contributed by atoms with E-state index in [2.05, 4.69) is 11.6 Å². The summed E-state index contributed by atoms with van der Waals surface area (Å²) in [7, 11) is -2.33. The molecular weight excluding hydrogens is 388 g/mol. The van der Waals surface area contributed by atoms with Gasteiger partial charge in [0.1, 0.15) is 5.75 Å². The highest BCUT2D eigenvalue weighted by Gasteiger charge is 2.26. The number of hydrogen-bond donors (Lipinski definition) is 1. The number of nitrogens with one attached hydrogen (secondary N) is 1. The molecule has 156 valence electrons. The first-order chi connectivity index (χ1) is 13.9. The molecule has 1 heterocycles. The molecule has 1 aliphatic heterocycles. The lowest BCUT2D eigenvalue weighted by Gasteiger charge is -2.19. The number of carbonyl (C=O) groups is 1. The van der Waals surface area contributed by atoms with Crippen LogP contribution in [0.25, 0.3) is 0 Å². The molecule has 1 amide bonds. The van der Waals surface area contributed by atoms with Crippen LogP contribution in [-0.2, 0) is 16.4 Å². The number of sulfonamides is 1. The second-order valence-corrected chi connectivity index (χ2v) is 9.01. The molecule has 0 saturated carbocycles. The van der Waals surface area contributed by atoms with E-state index in [0.717, 1.165) is 24.8 Å².